The van der Waals surface area contributed by atoms with Crippen LogP contribution in [-0.4, -0.2) is 70.0 Å². The van der Waals surface area contributed by atoms with Gasteiger partial charge in [0.05, 0.1) is 13.1 Å². The third-order valence-electron chi connectivity index (χ3n) is 4.22. The highest BCUT2D eigenvalue weighted by atomic mass is 35.5. The number of hydrazine groups is 1. The van der Waals surface area contributed by atoms with E-state index in [1.807, 2.05) is 17.0 Å². The van der Waals surface area contributed by atoms with E-state index in [1.54, 1.807) is 53.7 Å². The quantitative estimate of drug-likeness (QED) is 0.407. The maximum absolute atomic E-state index is 12.8. The predicted octanol–water partition coefficient (Wildman–Crippen LogP) is 4.27. The zero-order valence-corrected chi connectivity index (χ0v) is 19.6. The summed E-state index contributed by atoms with van der Waals surface area (Å²) in [4.78, 5) is 27.7. The zero-order chi connectivity index (χ0) is 23.4. The van der Waals surface area contributed by atoms with Gasteiger partial charge in [-0.1, -0.05) is 16.8 Å². The van der Waals surface area contributed by atoms with Crippen LogP contribution < -0.4 is 4.90 Å². The number of ether oxygens (including phenoxy) is 2. The second kappa shape index (κ2) is 9.64. The summed E-state index contributed by atoms with van der Waals surface area (Å²) < 4.78 is 11.0. The fourth-order valence-corrected chi connectivity index (χ4v) is 3.04. The lowest BCUT2D eigenvalue weighted by Crippen LogP contribution is -2.53. The van der Waals surface area contributed by atoms with Crippen LogP contribution in [0.2, 0.25) is 0 Å². The molecule has 2 rings (SSSR count). The first-order valence-corrected chi connectivity index (χ1v) is 10.4. The Labute approximate surface area is 188 Å². The number of carbonyl (C=O) groups excluding carboxylic acids is 2. The second-order valence-corrected chi connectivity index (χ2v) is 9.49. The van der Waals surface area contributed by atoms with Gasteiger partial charge in [-0.25, -0.2) is 19.6 Å². The molecule has 1 heterocycles. The summed E-state index contributed by atoms with van der Waals surface area (Å²) in [5.41, 5.74) is 0.0489. The summed E-state index contributed by atoms with van der Waals surface area (Å²) >= 11 is 5.84. The monoisotopic (exact) mass is 454 g/mol. The first-order valence-electron chi connectivity index (χ1n) is 10.0. The minimum atomic E-state index is -0.702. The van der Waals surface area contributed by atoms with E-state index in [-0.39, 0.29) is 18.3 Å². The number of rotatable bonds is 2. The number of benzene rings is 1. The Kier molecular flexibility index (Phi) is 7.64. The van der Waals surface area contributed by atoms with E-state index in [2.05, 4.69) is 5.16 Å². The van der Waals surface area contributed by atoms with E-state index in [1.165, 1.54) is 10.0 Å². The van der Waals surface area contributed by atoms with Crippen molar-refractivity contribution in [3.05, 3.63) is 29.8 Å². The van der Waals surface area contributed by atoms with E-state index < -0.39 is 23.4 Å². The summed E-state index contributed by atoms with van der Waals surface area (Å²) in [6, 6.07) is 7.15. The van der Waals surface area contributed by atoms with Gasteiger partial charge in [0, 0.05) is 24.3 Å². The summed E-state index contributed by atoms with van der Waals surface area (Å²) in [6.45, 7) is 12.0. The highest BCUT2D eigenvalue weighted by molar-refractivity contribution is 6.69. The van der Waals surface area contributed by atoms with Crippen LogP contribution in [0.5, 0.6) is 0 Å². The molecule has 0 aromatic heterocycles. The lowest BCUT2D eigenvalue weighted by Gasteiger charge is -2.35. The topological polar surface area (TPSA) is 94.9 Å². The molecule has 0 radical (unpaired) electrons. The van der Waals surface area contributed by atoms with Gasteiger partial charge in [-0.05, 0) is 65.8 Å². The standard InChI is InChI=1S/C21H31ClN4O5/c1-20(2,3)30-18(27)25-13-11-24(12-14-26(25)19(28)31-21(4,5)6)16-9-7-15(8-10-16)17(22)23-29/h7-10,29H,11-14H2,1-6H3/b23-17-. The molecule has 172 valence electrons. The Hall–Kier alpha value is -2.68. The van der Waals surface area contributed by atoms with Crippen molar-refractivity contribution >= 4 is 34.6 Å². The molecule has 0 unspecified atom stereocenters. The predicted molar refractivity (Wildman–Crippen MR) is 119 cm³/mol. The van der Waals surface area contributed by atoms with Gasteiger partial charge >= 0.3 is 12.2 Å². The molecule has 2 amide bonds. The molecule has 1 fully saturated rings. The average molecular weight is 455 g/mol. The molecular weight excluding hydrogens is 424 g/mol. The Morgan fingerprint density at radius 1 is 0.871 bits per heavy atom. The largest absolute Gasteiger partial charge is 0.442 e. The Morgan fingerprint density at radius 2 is 1.29 bits per heavy atom. The number of nitrogens with zero attached hydrogens (tertiary/aromatic N) is 4. The van der Waals surface area contributed by atoms with Gasteiger partial charge in [0.2, 0.25) is 0 Å². The fraction of sp³-hybridized carbons (Fsp3) is 0.571. The van der Waals surface area contributed by atoms with Crippen molar-refractivity contribution < 1.29 is 24.3 Å². The van der Waals surface area contributed by atoms with Crippen LogP contribution in [0, 0.1) is 0 Å². The van der Waals surface area contributed by atoms with E-state index in [0.29, 0.717) is 18.7 Å². The molecule has 0 saturated carbocycles. The molecule has 10 heteroatoms. The number of amides is 2. The first-order chi connectivity index (χ1) is 14.3. The molecule has 1 saturated heterocycles. The van der Waals surface area contributed by atoms with Crippen LogP contribution in [0.25, 0.3) is 0 Å². The Bertz CT molecular complexity index is 777. The lowest BCUT2D eigenvalue weighted by molar-refractivity contribution is -0.0572. The third kappa shape index (κ3) is 7.20. The number of anilines is 1. The highest BCUT2D eigenvalue weighted by Gasteiger charge is 2.35. The molecule has 0 aliphatic carbocycles. The molecule has 9 nitrogen and oxygen atoms in total. The van der Waals surface area contributed by atoms with Gasteiger partial charge in [0.25, 0.3) is 0 Å². The fourth-order valence-electron chi connectivity index (χ4n) is 2.92. The van der Waals surface area contributed by atoms with E-state index >= 15 is 0 Å². The molecule has 1 aromatic carbocycles. The first kappa shape index (κ1) is 24.6. The van der Waals surface area contributed by atoms with Crippen molar-refractivity contribution in [3.8, 4) is 0 Å². The molecule has 0 spiro atoms. The van der Waals surface area contributed by atoms with Gasteiger partial charge in [0.1, 0.15) is 11.2 Å². The second-order valence-electron chi connectivity index (χ2n) is 9.13. The van der Waals surface area contributed by atoms with Crippen molar-refractivity contribution in [2.45, 2.75) is 52.7 Å². The third-order valence-corrected chi connectivity index (χ3v) is 4.52. The Morgan fingerprint density at radius 3 is 1.65 bits per heavy atom. The zero-order valence-electron chi connectivity index (χ0n) is 18.9. The molecule has 1 aliphatic heterocycles. The van der Waals surface area contributed by atoms with Gasteiger partial charge in [-0.2, -0.15) is 0 Å². The van der Waals surface area contributed by atoms with Crippen molar-refractivity contribution in [2.24, 2.45) is 5.16 Å². The normalized spacial score (nSPS) is 16.1. The van der Waals surface area contributed by atoms with Crippen LogP contribution in [0.1, 0.15) is 47.1 Å². The van der Waals surface area contributed by atoms with Crippen molar-refractivity contribution in [1.29, 1.82) is 0 Å². The van der Waals surface area contributed by atoms with Crippen LogP contribution >= 0.6 is 11.6 Å². The maximum Gasteiger partial charge on any atom is 0.429 e. The number of oxime groups is 1. The summed E-state index contributed by atoms with van der Waals surface area (Å²) in [6.07, 6.45) is -1.22. The molecular formula is C21H31ClN4O5. The highest BCUT2D eigenvalue weighted by Crippen LogP contribution is 2.21. The van der Waals surface area contributed by atoms with Crippen molar-refractivity contribution in [1.82, 2.24) is 10.0 Å². The SMILES string of the molecule is CC(C)(C)OC(=O)N1CCN(c2ccc(/C(Cl)=N/O)cc2)CCN1C(=O)OC(C)(C)C. The van der Waals surface area contributed by atoms with Crippen molar-refractivity contribution in [2.75, 3.05) is 31.1 Å². The summed E-state index contributed by atoms with van der Waals surface area (Å²) in [5.74, 6) is 0. The van der Waals surface area contributed by atoms with Crippen LogP contribution in [0.15, 0.2) is 29.4 Å². The van der Waals surface area contributed by atoms with Gasteiger partial charge in [0.15, 0.2) is 5.17 Å². The number of hydrogen-bond donors (Lipinski definition) is 1. The molecule has 0 bridgehead atoms. The lowest BCUT2D eigenvalue weighted by atomic mass is 10.2. The molecule has 1 aromatic rings. The van der Waals surface area contributed by atoms with Gasteiger partial charge in [-0.3, -0.25) is 0 Å². The Balaban J connectivity index is 2.24. The molecule has 1 aliphatic rings. The minimum absolute atomic E-state index is 0.00498. The smallest absolute Gasteiger partial charge is 0.429 e. The van der Waals surface area contributed by atoms with E-state index in [0.717, 1.165) is 5.69 Å². The van der Waals surface area contributed by atoms with Gasteiger partial charge < -0.3 is 19.6 Å². The van der Waals surface area contributed by atoms with Crippen molar-refractivity contribution in [3.63, 3.8) is 0 Å². The number of hydrogen-bond acceptors (Lipinski definition) is 7. The van der Waals surface area contributed by atoms with E-state index in [4.69, 9.17) is 26.3 Å². The van der Waals surface area contributed by atoms with Gasteiger partial charge in [-0.15, -0.1) is 0 Å². The van der Waals surface area contributed by atoms with Crippen LogP contribution in [-0.2, 0) is 9.47 Å². The minimum Gasteiger partial charge on any atom is -0.442 e. The van der Waals surface area contributed by atoms with E-state index in [9.17, 15) is 9.59 Å². The number of carbonyl (C=O) groups is 2. The maximum atomic E-state index is 12.8. The average Bonchev–Trinajstić information content (AvgIpc) is 2.88. The molecule has 1 N–H and O–H groups in total. The molecule has 31 heavy (non-hydrogen) atoms. The van der Waals surface area contributed by atoms with Crippen LogP contribution in [0.4, 0.5) is 15.3 Å². The summed E-state index contributed by atoms with van der Waals surface area (Å²) in [7, 11) is 0. The summed E-state index contributed by atoms with van der Waals surface area (Å²) in [5, 5.41) is 14.4. The number of halogens is 1. The molecule has 0 atom stereocenters. The van der Waals surface area contributed by atoms with Crippen LogP contribution in [0.3, 0.4) is 0 Å².